The van der Waals surface area contributed by atoms with E-state index in [0.29, 0.717) is 0 Å². The third kappa shape index (κ3) is 2.28. The fourth-order valence-corrected chi connectivity index (χ4v) is 2.33. The second kappa shape index (κ2) is 4.78. The zero-order valence-electron chi connectivity index (χ0n) is 10.8. The minimum atomic E-state index is 0.124. The molecule has 17 heavy (non-hydrogen) atoms. The molecule has 0 fully saturated rings. The second-order valence-electron chi connectivity index (χ2n) is 4.73. The molecule has 3 heteroatoms. The summed E-state index contributed by atoms with van der Waals surface area (Å²) < 4.78 is 0. The summed E-state index contributed by atoms with van der Waals surface area (Å²) >= 11 is 0. The number of benzene rings is 1. The van der Waals surface area contributed by atoms with E-state index in [9.17, 15) is 4.79 Å². The van der Waals surface area contributed by atoms with Gasteiger partial charge in [0.05, 0.1) is 0 Å². The van der Waals surface area contributed by atoms with E-state index in [1.807, 2.05) is 37.8 Å². The van der Waals surface area contributed by atoms with Crippen LogP contribution in [0.15, 0.2) is 18.2 Å². The van der Waals surface area contributed by atoms with E-state index in [0.717, 1.165) is 30.8 Å². The van der Waals surface area contributed by atoms with E-state index in [2.05, 4.69) is 11.4 Å². The first-order chi connectivity index (χ1) is 8.13. The van der Waals surface area contributed by atoms with Crippen LogP contribution in [0.3, 0.4) is 0 Å². The van der Waals surface area contributed by atoms with Crippen LogP contribution in [0.1, 0.15) is 36.7 Å². The molecule has 0 aromatic heterocycles. The Morgan fingerprint density at radius 1 is 1.47 bits per heavy atom. The quantitative estimate of drug-likeness (QED) is 0.868. The van der Waals surface area contributed by atoms with E-state index < -0.39 is 0 Å². The van der Waals surface area contributed by atoms with Crippen molar-refractivity contribution in [2.24, 2.45) is 0 Å². The SMILES string of the molecule is CCN(C(=O)c1ccc2c(c1)NCC2)C(C)C. The number of carbonyl (C=O) groups is 1. The first-order valence-corrected chi connectivity index (χ1v) is 6.31. The second-order valence-corrected chi connectivity index (χ2v) is 4.73. The number of nitrogens with zero attached hydrogens (tertiary/aromatic N) is 1. The van der Waals surface area contributed by atoms with Gasteiger partial charge in [0, 0.05) is 30.4 Å². The Kier molecular flexibility index (Phi) is 3.36. The predicted molar refractivity (Wildman–Crippen MR) is 70.5 cm³/mol. The molecule has 92 valence electrons. The molecule has 1 heterocycles. The zero-order valence-corrected chi connectivity index (χ0v) is 10.8. The molecule has 3 nitrogen and oxygen atoms in total. The molecule has 1 aromatic rings. The molecular formula is C14H20N2O. The lowest BCUT2D eigenvalue weighted by Crippen LogP contribution is -2.36. The van der Waals surface area contributed by atoms with Crippen LogP contribution in [0.25, 0.3) is 0 Å². The third-order valence-corrected chi connectivity index (χ3v) is 3.29. The number of nitrogens with one attached hydrogen (secondary N) is 1. The molecule has 0 bridgehead atoms. The van der Waals surface area contributed by atoms with Gasteiger partial charge >= 0.3 is 0 Å². The van der Waals surface area contributed by atoms with Crippen molar-refractivity contribution in [3.05, 3.63) is 29.3 Å². The van der Waals surface area contributed by atoms with Gasteiger partial charge in [-0.3, -0.25) is 4.79 Å². The third-order valence-electron chi connectivity index (χ3n) is 3.29. The molecule has 0 radical (unpaired) electrons. The number of anilines is 1. The van der Waals surface area contributed by atoms with Crippen molar-refractivity contribution in [3.63, 3.8) is 0 Å². The summed E-state index contributed by atoms with van der Waals surface area (Å²) in [5.74, 6) is 0.124. The molecule has 0 unspecified atom stereocenters. The van der Waals surface area contributed by atoms with Crippen LogP contribution in [0.5, 0.6) is 0 Å². The highest BCUT2D eigenvalue weighted by atomic mass is 16.2. The summed E-state index contributed by atoms with van der Waals surface area (Å²) in [7, 11) is 0. The summed E-state index contributed by atoms with van der Waals surface area (Å²) in [4.78, 5) is 14.2. The summed E-state index contributed by atoms with van der Waals surface area (Å²) in [5.41, 5.74) is 3.22. The highest BCUT2D eigenvalue weighted by Gasteiger charge is 2.19. The largest absolute Gasteiger partial charge is 0.384 e. The molecule has 0 aliphatic carbocycles. The molecule has 1 amide bonds. The van der Waals surface area contributed by atoms with Crippen molar-refractivity contribution in [3.8, 4) is 0 Å². The summed E-state index contributed by atoms with van der Waals surface area (Å²) in [6.07, 6.45) is 1.06. The van der Waals surface area contributed by atoms with E-state index in [-0.39, 0.29) is 11.9 Å². The molecule has 0 atom stereocenters. The Balaban J connectivity index is 2.25. The van der Waals surface area contributed by atoms with Gasteiger partial charge in [-0.2, -0.15) is 0 Å². The van der Waals surface area contributed by atoms with E-state index in [1.54, 1.807) is 0 Å². The van der Waals surface area contributed by atoms with Crippen LogP contribution in [0, 0.1) is 0 Å². The average molecular weight is 232 g/mol. The standard InChI is InChI=1S/C14H20N2O/c1-4-16(10(2)3)14(17)12-6-5-11-7-8-15-13(11)9-12/h5-6,9-10,15H,4,7-8H2,1-3H3. The molecule has 1 aliphatic heterocycles. The molecule has 1 aliphatic rings. The maximum Gasteiger partial charge on any atom is 0.254 e. The Labute approximate surface area is 103 Å². The first kappa shape index (κ1) is 12.0. The van der Waals surface area contributed by atoms with Gasteiger partial charge in [-0.25, -0.2) is 0 Å². The van der Waals surface area contributed by atoms with Gasteiger partial charge in [0.1, 0.15) is 0 Å². The van der Waals surface area contributed by atoms with Gasteiger partial charge in [-0.15, -0.1) is 0 Å². The van der Waals surface area contributed by atoms with Crippen molar-refractivity contribution in [2.45, 2.75) is 33.2 Å². The van der Waals surface area contributed by atoms with Crippen molar-refractivity contribution in [1.29, 1.82) is 0 Å². The fourth-order valence-electron chi connectivity index (χ4n) is 2.33. The zero-order chi connectivity index (χ0) is 12.4. The van der Waals surface area contributed by atoms with Gasteiger partial charge in [0.25, 0.3) is 5.91 Å². The smallest absolute Gasteiger partial charge is 0.254 e. The van der Waals surface area contributed by atoms with Crippen LogP contribution in [0.2, 0.25) is 0 Å². The maximum absolute atomic E-state index is 12.3. The average Bonchev–Trinajstić information content (AvgIpc) is 2.75. The lowest BCUT2D eigenvalue weighted by Gasteiger charge is -2.25. The molecular weight excluding hydrogens is 212 g/mol. The molecule has 0 saturated heterocycles. The van der Waals surface area contributed by atoms with Crippen LogP contribution < -0.4 is 5.32 Å². The Morgan fingerprint density at radius 2 is 2.24 bits per heavy atom. The van der Waals surface area contributed by atoms with Gasteiger partial charge in [0.2, 0.25) is 0 Å². The van der Waals surface area contributed by atoms with Crippen LogP contribution in [0.4, 0.5) is 5.69 Å². The summed E-state index contributed by atoms with van der Waals surface area (Å²) in [6.45, 7) is 7.85. The Morgan fingerprint density at radius 3 is 2.88 bits per heavy atom. The van der Waals surface area contributed by atoms with Crippen molar-refractivity contribution >= 4 is 11.6 Å². The predicted octanol–water partition coefficient (Wildman–Crippen LogP) is 2.53. The first-order valence-electron chi connectivity index (χ1n) is 6.31. The number of hydrogen-bond donors (Lipinski definition) is 1. The Bertz CT molecular complexity index is 426. The van der Waals surface area contributed by atoms with Crippen LogP contribution >= 0.6 is 0 Å². The normalized spacial score (nSPS) is 13.4. The minimum Gasteiger partial charge on any atom is -0.384 e. The van der Waals surface area contributed by atoms with E-state index in [1.165, 1.54) is 5.56 Å². The topological polar surface area (TPSA) is 32.3 Å². The van der Waals surface area contributed by atoms with Gasteiger partial charge in [0.15, 0.2) is 0 Å². The number of fused-ring (bicyclic) bond motifs is 1. The minimum absolute atomic E-state index is 0.124. The van der Waals surface area contributed by atoms with Gasteiger partial charge in [-0.05, 0) is 44.9 Å². The fraction of sp³-hybridized carbons (Fsp3) is 0.500. The number of hydrogen-bond acceptors (Lipinski definition) is 2. The number of rotatable bonds is 3. The maximum atomic E-state index is 12.3. The molecule has 0 saturated carbocycles. The summed E-state index contributed by atoms with van der Waals surface area (Å²) in [5, 5.41) is 3.31. The lowest BCUT2D eigenvalue weighted by atomic mass is 10.1. The molecule has 1 N–H and O–H groups in total. The van der Waals surface area contributed by atoms with Crippen molar-refractivity contribution in [1.82, 2.24) is 4.90 Å². The number of amides is 1. The van der Waals surface area contributed by atoms with E-state index >= 15 is 0 Å². The Hall–Kier alpha value is -1.51. The number of carbonyl (C=O) groups excluding carboxylic acids is 1. The highest BCUT2D eigenvalue weighted by Crippen LogP contribution is 2.24. The van der Waals surface area contributed by atoms with Crippen molar-refractivity contribution < 1.29 is 4.79 Å². The van der Waals surface area contributed by atoms with Gasteiger partial charge < -0.3 is 10.2 Å². The molecule has 2 rings (SSSR count). The lowest BCUT2D eigenvalue weighted by molar-refractivity contribution is 0.0717. The van der Waals surface area contributed by atoms with Crippen molar-refractivity contribution in [2.75, 3.05) is 18.4 Å². The monoisotopic (exact) mass is 232 g/mol. The summed E-state index contributed by atoms with van der Waals surface area (Å²) in [6, 6.07) is 6.24. The molecule has 0 spiro atoms. The van der Waals surface area contributed by atoms with E-state index in [4.69, 9.17) is 0 Å². The van der Waals surface area contributed by atoms with Gasteiger partial charge in [-0.1, -0.05) is 6.07 Å². The highest BCUT2D eigenvalue weighted by molar-refractivity contribution is 5.95. The van der Waals surface area contributed by atoms with Crippen LogP contribution in [-0.4, -0.2) is 29.9 Å². The molecule has 1 aromatic carbocycles. The van der Waals surface area contributed by atoms with Crippen LogP contribution in [-0.2, 0) is 6.42 Å².